The Balaban J connectivity index is 1.48. The Morgan fingerprint density at radius 2 is 1.58 bits per heavy atom. The van der Waals surface area contributed by atoms with Gasteiger partial charge in [0.1, 0.15) is 5.75 Å². The first-order valence-corrected chi connectivity index (χ1v) is 8.85. The second-order valence-corrected chi connectivity index (χ2v) is 6.28. The van der Waals surface area contributed by atoms with Gasteiger partial charge in [-0.1, -0.05) is 37.6 Å². The number of aryl methyl sites for hydroxylation is 1. The highest BCUT2D eigenvalue weighted by Crippen LogP contribution is 2.22. The van der Waals surface area contributed by atoms with Crippen LogP contribution in [0.5, 0.6) is 5.75 Å². The number of esters is 1. The van der Waals surface area contributed by atoms with Gasteiger partial charge in [0.2, 0.25) is 0 Å². The van der Waals surface area contributed by atoms with Crippen molar-refractivity contribution >= 4 is 17.8 Å². The SMILES string of the molecule is CCCc1ccc(OC(=O)CCCN2C(=O)c3ccccc3C2=O)cc1. The molecule has 0 N–H and O–H groups in total. The van der Waals surface area contributed by atoms with Gasteiger partial charge in [-0.2, -0.15) is 0 Å². The average Bonchev–Trinajstić information content (AvgIpc) is 2.89. The fourth-order valence-corrected chi connectivity index (χ4v) is 3.02. The number of carbonyl (C=O) groups is 3. The predicted octanol–water partition coefficient (Wildman–Crippen LogP) is 3.62. The van der Waals surface area contributed by atoms with Gasteiger partial charge in [-0.25, -0.2) is 0 Å². The van der Waals surface area contributed by atoms with Crippen molar-refractivity contribution in [3.05, 3.63) is 65.2 Å². The summed E-state index contributed by atoms with van der Waals surface area (Å²) >= 11 is 0. The largest absolute Gasteiger partial charge is 0.427 e. The monoisotopic (exact) mass is 351 g/mol. The minimum absolute atomic E-state index is 0.143. The molecule has 0 bridgehead atoms. The summed E-state index contributed by atoms with van der Waals surface area (Å²) in [4.78, 5) is 37.7. The van der Waals surface area contributed by atoms with Crippen LogP contribution >= 0.6 is 0 Å². The molecule has 5 nitrogen and oxygen atoms in total. The van der Waals surface area contributed by atoms with Gasteiger partial charge < -0.3 is 4.74 Å². The molecule has 0 aromatic heterocycles. The van der Waals surface area contributed by atoms with Crippen molar-refractivity contribution in [2.24, 2.45) is 0 Å². The number of amides is 2. The maximum absolute atomic E-state index is 12.2. The first-order chi connectivity index (χ1) is 12.6. The molecule has 0 aliphatic carbocycles. The highest BCUT2D eigenvalue weighted by atomic mass is 16.5. The number of hydrogen-bond acceptors (Lipinski definition) is 4. The maximum atomic E-state index is 12.2. The molecule has 0 radical (unpaired) electrons. The third-order valence-electron chi connectivity index (χ3n) is 4.33. The zero-order valence-electron chi connectivity index (χ0n) is 14.7. The topological polar surface area (TPSA) is 63.7 Å². The Kier molecular flexibility index (Phi) is 5.46. The highest BCUT2D eigenvalue weighted by Gasteiger charge is 2.34. The van der Waals surface area contributed by atoms with Crippen LogP contribution in [0.15, 0.2) is 48.5 Å². The summed E-state index contributed by atoms with van der Waals surface area (Å²) < 4.78 is 5.30. The van der Waals surface area contributed by atoms with Crippen LogP contribution in [0.3, 0.4) is 0 Å². The fourth-order valence-electron chi connectivity index (χ4n) is 3.02. The van der Waals surface area contributed by atoms with E-state index < -0.39 is 0 Å². The van der Waals surface area contributed by atoms with Crippen molar-refractivity contribution in [1.29, 1.82) is 0 Å². The molecule has 0 saturated heterocycles. The molecule has 1 aliphatic rings. The number of benzene rings is 2. The lowest BCUT2D eigenvalue weighted by Gasteiger charge is -2.13. The number of imide groups is 1. The molecule has 0 saturated carbocycles. The van der Waals surface area contributed by atoms with Crippen LogP contribution in [-0.4, -0.2) is 29.2 Å². The van der Waals surface area contributed by atoms with Crippen molar-refractivity contribution in [3.63, 3.8) is 0 Å². The van der Waals surface area contributed by atoms with Gasteiger partial charge in [0.15, 0.2) is 0 Å². The number of rotatable bonds is 7. The van der Waals surface area contributed by atoms with Crippen molar-refractivity contribution in [2.45, 2.75) is 32.6 Å². The molecule has 0 unspecified atom stereocenters. The Bertz CT molecular complexity index is 791. The standard InChI is InChI=1S/C21H21NO4/c1-2-6-15-10-12-16(13-11-15)26-19(23)9-5-14-22-20(24)17-7-3-4-8-18(17)21(22)25/h3-4,7-8,10-13H,2,5-6,9,14H2,1H3. The number of carbonyl (C=O) groups excluding carboxylic acids is 3. The zero-order chi connectivity index (χ0) is 18.5. The first-order valence-electron chi connectivity index (χ1n) is 8.85. The van der Waals surface area contributed by atoms with Gasteiger partial charge >= 0.3 is 5.97 Å². The second-order valence-electron chi connectivity index (χ2n) is 6.28. The summed E-state index contributed by atoms with van der Waals surface area (Å²) in [6.45, 7) is 2.32. The quantitative estimate of drug-likeness (QED) is 0.434. The molecule has 134 valence electrons. The van der Waals surface area contributed by atoms with E-state index in [-0.39, 0.29) is 30.7 Å². The lowest BCUT2D eigenvalue weighted by Crippen LogP contribution is -2.31. The summed E-state index contributed by atoms with van der Waals surface area (Å²) in [6, 6.07) is 14.2. The molecule has 1 aliphatic heterocycles. The van der Waals surface area contributed by atoms with Gasteiger partial charge in [-0.3, -0.25) is 19.3 Å². The molecule has 0 spiro atoms. The molecule has 26 heavy (non-hydrogen) atoms. The van der Waals surface area contributed by atoms with Crippen molar-refractivity contribution < 1.29 is 19.1 Å². The molecular formula is C21H21NO4. The average molecular weight is 351 g/mol. The number of hydrogen-bond donors (Lipinski definition) is 0. The number of fused-ring (bicyclic) bond motifs is 1. The summed E-state index contributed by atoms with van der Waals surface area (Å²) in [5, 5.41) is 0. The van der Waals surface area contributed by atoms with Crippen LogP contribution in [-0.2, 0) is 11.2 Å². The van der Waals surface area contributed by atoms with E-state index in [9.17, 15) is 14.4 Å². The van der Waals surface area contributed by atoms with E-state index in [1.807, 2.05) is 12.1 Å². The lowest BCUT2D eigenvalue weighted by atomic mass is 10.1. The van der Waals surface area contributed by atoms with Crippen LogP contribution in [0.2, 0.25) is 0 Å². The van der Waals surface area contributed by atoms with Crippen molar-refractivity contribution in [1.82, 2.24) is 4.90 Å². The summed E-state index contributed by atoms with van der Waals surface area (Å²) in [5.41, 5.74) is 2.05. The first kappa shape index (κ1) is 17.9. The number of nitrogens with zero attached hydrogens (tertiary/aromatic N) is 1. The second kappa shape index (κ2) is 7.95. The van der Waals surface area contributed by atoms with E-state index in [4.69, 9.17) is 4.74 Å². The van der Waals surface area contributed by atoms with Gasteiger partial charge in [-0.05, 0) is 42.7 Å². The van der Waals surface area contributed by atoms with E-state index in [1.165, 1.54) is 10.5 Å². The molecule has 0 atom stereocenters. The van der Waals surface area contributed by atoms with E-state index in [0.717, 1.165) is 12.8 Å². The van der Waals surface area contributed by atoms with Gasteiger partial charge in [-0.15, -0.1) is 0 Å². The van der Waals surface area contributed by atoms with Crippen LogP contribution in [0, 0.1) is 0 Å². The van der Waals surface area contributed by atoms with Crippen LogP contribution in [0.1, 0.15) is 52.5 Å². The fraction of sp³-hybridized carbons (Fsp3) is 0.286. The Morgan fingerprint density at radius 1 is 0.962 bits per heavy atom. The van der Waals surface area contributed by atoms with Crippen molar-refractivity contribution in [3.8, 4) is 5.75 Å². The van der Waals surface area contributed by atoms with Gasteiger partial charge in [0.05, 0.1) is 11.1 Å². The van der Waals surface area contributed by atoms with Crippen molar-refractivity contribution in [2.75, 3.05) is 6.54 Å². The lowest BCUT2D eigenvalue weighted by molar-refractivity contribution is -0.134. The molecule has 3 rings (SSSR count). The molecule has 2 aromatic carbocycles. The van der Waals surface area contributed by atoms with Crippen LogP contribution in [0.25, 0.3) is 0 Å². The van der Waals surface area contributed by atoms with E-state index in [0.29, 0.717) is 23.3 Å². The van der Waals surface area contributed by atoms with E-state index in [2.05, 4.69) is 6.92 Å². The van der Waals surface area contributed by atoms with E-state index >= 15 is 0 Å². The Hall–Kier alpha value is -2.95. The Labute approximate surface area is 152 Å². The van der Waals surface area contributed by atoms with Gasteiger partial charge in [0, 0.05) is 13.0 Å². The molecule has 2 aromatic rings. The minimum Gasteiger partial charge on any atom is -0.427 e. The number of ether oxygens (including phenoxy) is 1. The van der Waals surface area contributed by atoms with E-state index in [1.54, 1.807) is 36.4 Å². The summed E-state index contributed by atoms with van der Waals surface area (Å²) in [5.74, 6) is -0.462. The third kappa shape index (κ3) is 3.82. The van der Waals surface area contributed by atoms with Gasteiger partial charge in [0.25, 0.3) is 11.8 Å². The molecule has 5 heteroatoms. The Morgan fingerprint density at radius 3 is 2.15 bits per heavy atom. The smallest absolute Gasteiger partial charge is 0.311 e. The highest BCUT2D eigenvalue weighted by molar-refractivity contribution is 6.21. The molecule has 1 heterocycles. The summed E-state index contributed by atoms with van der Waals surface area (Å²) in [6.07, 6.45) is 2.58. The maximum Gasteiger partial charge on any atom is 0.311 e. The normalized spacial score (nSPS) is 13.0. The molecular weight excluding hydrogens is 330 g/mol. The summed E-state index contributed by atoms with van der Waals surface area (Å²) in [7, 11) is 0. The zero-order valence-corrected chi connectivity index (χ0v) is 14.7. The predicted molar refractivity (Wildman–Crippen MR) is 97.1 cm³/mol. The molecule has 2 amide bonds. The van der Waals surface area contributed by atoms with Crippen LogP contribution < -0.4 is 4.74 Å². The third-order valence-corrected chi connectivity index (χ3v) is 4.33. The molecule has 0 fully saturated rings. The van der Waals surface area contributed by atoms with Crippen LogP contribution in [0.4, 0.5) is 0 Å². The minimum atomic E-state index is -0.371.